The van der Waals surface area contributed by atoms with Gasteiger partial charge in [-0.15, -0.1) is 0 Å². The van der Waals surface area contributed by atoms with E-state index in [1.807, 2.05) is 0 Å². The lowest BCUT2D eigenvalue weighted by atomic mass is 9.91. The number of hydrogen-bond donors (Lipinski definition) is 1. The molecule has 1 atom stereocenters. The lowest BCUT2D eigenvalue weighted by Gasteiger charge is -2.14. The van der Waals surface area contributed by atoms with Gasteiger partial charge in [-0.2, -0.15) is 0 Å². The van der Waals surface area contributed by atoms with Crippen LogP contribution in [0, 0.1) is 5.92 Å². The second-order valence-electron chi connectivity index (χ2n) is 6.07. The number of aryl methyl sites for hydroxylation is 2. The SMILES string of the molecule is O=C(O)CC(c1ccc2nc3n(c2c1)CCC3)C1CC1. The average Bonchev–Trinajstić information content (AvgIpc) is 3.05. The van der Waals surface area contributed by atoms with Gasteiger partial charge in [-0.3, -0.25) is 4.79 Å². The highest BCUT2D eigenvalue weighted by Crippen LogP contribution is 2.45. The number of aromatic nitrogens is 2. The first kappa shape index (κ1) is 11.9. The van der Waals surface area contributed by atoms with E-state index in [0.29, 0.717) is 5.92 Å². The molecule has 1 saturated carbocycles. The van der Waals surface area contributed by atoms with Crippen LogP contribution >= 0.6 is 0 Å². The van der Waals surface area contributed by atoms with Gasteiger partial charge in [0.2, 0.25) is 0 Å². The smallest absolute Gasteiger partial charge is 0.303 e. The van der Waals surface area contributed by atoms with E-state index < -0.39 is 5.97 Å². The largest absolute Gasteiger partial charge is 0.481 e. The number of carboxylic acids is 1. The number of carboxylic acid groups (broad SMARTS) is 1. The summed E-state index contributed by atoms with van der Waals surface area (Å²) >= 11 is 0. The Bertz CT molecular complexity index is 685. The molecule has 1 aliphatic heterocycles. The molecule has 1 N–H and O–H groups in total. The Balaban J connectivity index is 1.77. The normalized spacial score (nSPS) is 19.2. The number of fused-ring (bicyclic) bond motifs is 3. The summed E-state index contributed by atoms with van der Waals surface area (Å²) in [5.41, 5.74) is 3.41. The highest BCUT2D eigenvalue weighted by molar-refractivity contribution is 5.78. The lowest BCUT2D eigenvalue weighted by molar-refractivity contribution is -0.137. The zero-order valence-electron chi connectivity index (χ0n) is 11.4. The highest BCUT2D eigenvalue weighted by Gasteiger charge is 2.34. The molecule has 2 aliphatic rings. The van der Waals surface area contributed by atoms with Crippen LogP contribution in [-0.4, -0.2) is 20.6 Å². The first-order chi connectivity index (χ1) is 9.72. The Morgan fingerprint density at radius 2 is 2.30 bits per heavy atom. The minimum Gasteiger partial charge on any atom is -0.481 e. The van der Waals surface area contributed by atoms with Crippen LogP contribution in [0.1, 0.15) is 43.0 Å². The summed E-state index contributed by atoms with van der Waals surface area (Å²) in [4.78, 5) is 15.8. The van der Waals surface area contributed by atoms with Crippen molar-refractivity contribution in [1.29, 1.82) is 0 Å². The van der Waals surface area contributed by atoms with Gasteiger partial charge < -0.3 is 9.67 Å². The predicted molar refractivity (Wildman–Crippen MR) is 75.8 cm³/mol. The van der Waals surface area contributed by atoms with Crippen LogP contribution in [0.2, 0.25) is 0 Å². The molecular formula is C16H18N2O2. The molecule has 4 nitrogen and oxygen atoms in total. The number of carbonyl (C=O) groups is 1. The summed E-state index contributed by atoms with van der Waals surface area (Å²) < 4.78 is 2.30. The number of nitrogens with zero attached hydrogens (tertiary/aromatic N) is 2. The number of aliphatic carboxylic acids is 1. The molecule has 104 valence electrons. The molecule has 0 bridgehead atoms. The molecule has 0 spiro atoms. The van der Waals surface area contributed by atoms with Crippen molar-refractivity contribution in [2.45, 2.75) is 44.6 Å². The van der Waals surface area contributed by atoms with Crippen molar-refractivity contribution in [2.24, 2.45) is 5.92 Å². The molecule has 1 fully saturated rings. The molecule has 20 heavy (non-hydrogen) atoms. The predicted octanol–water partition coefficient (Wildman–Crippen LogP) is 2.95. The van der Waals surface area contributed by atoms with Crippen molar-refractivity contribution >= 4 is 17.0 Å². The summed E-state index contributed by atoms with van der Waals surface area (Å²) in [6, 6.07) is 6.33. The fraction of sp³-hybridized carbons (Fsp3) is 0.500. The first-order valence-corrected chi connectivity index (χ1v) is 7.43. The molecule has 4 heteroatoms. The number of rotatable bonds is 4. The molecule has 4 rings (SSSR count). The standard InChI is InChI=1S/C16H18N2O2/c19-16(20)9-12(10-3-4-10)11-5-6-13-14(8-11)18-7-1-2-15(18)17-13/h5-6,8,10,12H,1-4,7,9H2,(H,19,20). The van der Waals surface area contributed by atoms with Crippen molar-refractivity contribution in [3.05, 3.63) is 29.6 Å². The molecule has 1 aliphatic carbocycles. The van der Waals surface area contributed by atoms with E-state index >= 15 is 0 Å². The fourth-order valence-corrected chi connectivity index (χ4v) is 3.50. The Kier molecular flexibility index (Phi) is 2.59. The van der Waals surface area contributed by atoms with Gasteiger partial charge in [0.15, 0.2) is 0 Å². The number of hydrogen-bond acceptors (Lipinski definition) is 2. The van der Waals surface area contributed by atoms with Crippen molar-refractivity contribution in [3.8, 4) is 0 Å². The van der Waals surface area contributed by atoms with Gasteiger partial charge in [0.05, 0.1) is 17.5 Å². The maximum absolute atomic E-state index is 11.1. The second-order valence-corrected chi connectivity index (χ2v) is 6.07. The maximum atomic E-state index is 11.1. The van der Waals surface area contributed by atoms with Crippen LogP contribution in [0.15, 0.2) is 18.2 Å². The molecule has 2 aromatic rings. The van der Waals surface area contributed by atoms with Gasteiger partial charge in [-0.05, 0) is 48.8 Å². The third kappa shape index (κ3) is 1.90. The van der Waals surface area contributed by atoms with Gasteiger partial charge in [-0.25, -0.2) is 4.98 Å². The number of benzene rings is 1. The van der Waals surface area contributed by atoms with E-state index in [9.17, 15) is 4.79 Å². The van der Waals surface area contributed by atoms with Crippen molar-refractivity contribution in [3.63, 3.8) is 0 Å². The topological polar surface area (TPSA) is 55.1 Å². The average molecular weight is 270 g/mol. The lowest BCUT2D eigenvalue weighted by Crippen LogP contribution is -2.08. The van der Waals surface area contributed by atoms with Crippen LogP contribution in [0.3, 0.4) is 0 Å². The van der Waals surface area contributed by atoms with Crippen LogP contribution in [0.25, 0.3) is 11.0 Å². The Morgan fingerprint density at radius 1 is 1.45 bits per heavy atom. The Hall–Kier alpha value is -1.84. The van der Waals surface area contributed by atoms with Gasteiger partial charge in [-0.1, -0.05) is 6.07 Å². The minimum atomic E-state index is -0.694. The second kappa shape index (κ2) is 4.33. The van der Waals surface area contributed by atoms with E-state index in [4.69, 9.17) is 5.11 Å². The fourth-order valence-electron chi connectivity index (χ4n) is 3.50. The molecule has 1 aromatic heterocycles. The molecule has 0 radical (unpaired) electrons. The van der Waals surface area contributed by atoms with Crippen LogP contribution in [0.5, 0.6) is 0 Å². The zero-order chi connectivity index (χ0) is 13.7. The summed E-state index contributed by atoms with van der Waals surface area (Å²) in [6.45, 7) is 1.04. The molecule has 2 heterocycles. The van der Waals surface area contributed by atoms with Crippen LogP contribution in [-0.2, 0) is 17.8 Å². The molecule has 0 saturated heterocycles. The summed E-state index contributed by atoms with van der Waals surface area (Å²) in [6.07, 6.45) is 4.81. The van der Waals surface area contributed by atoms with Crippen molar-refractivity contribution in [1.82, 2.24) is 9.55 Å². The summed E-state index contributed by atoms with van der Waals surface area (Å²) in [5.74, 6) is 1.22. The van der Waals surface area contributed by atoms with E-state index in [0.717, 1.165) is 18.5 Å². The van der Waals surface area contributed by atoms with Gasteiger partial charge >= 0.3 is 5.97 Å². The Morgan fingerprint density at radius 3 is 3.05 bits per heavy atom. The van der Waals surface area contributed by atoms with Crippen LogP contribution < -0.4 is 0 Å². The monoisotopic (exact) mass is 270 g/mol. The van der Waals surface area contributed by atoms with Crippen LogP contribution in [0.4, 0.5) is 0 Å². The maximum Gasteiger partial charge on any atom is 0.303 e. The molecule has 1 unspecified atom stereocenters. The molecular weight excluding hydrogens is 252 g/mol. The summed E-state index contributed by atoms with van der Waals surface area (Å²) in [7, 11) is 0. The van der Waals surface area contributed by atoms with Gasteiger partial charge in [0, 0.05) is 13.0 Å². The van der Waals surface area contributed by atoms with E-state index in [1.54, 1.807) is 0 Å². The zero-order valence-corrected chi connectivity index (χ0v) is 11.4. The molecule has 1 aromatic carbocycles. The van der Waals surface area contributed by atoms with Gasteiger partial charge in [0.1, 0.15) is 5.82 Å². The first-order valence-electron chi connectivity index (χ1n) is 7.43. The molecule has 0 amide bonds. The minimum absolute atomic E-state index is 0.171. The van der Waals surface area contributed by atoms with E-state index in [2.05, 4.69) is 27.8 Å². The van der Waals surface area contributed by atoms with Gasteiger partial charge in [0.25, 0.3) is 0 Å². The van der Waals surface area contributed by atoms with E-state index in [1.165, 1.54) is 36.2 Å². The van der Waals surface area contributed by atoms with E-state index in [-0.39, 0.29) is 12.3 Å². The highest BCUT2D eigenvalue weighted by atomic mass is 16.4. The van der Waals surface area contributed by atoms with Crippen molar-refractivity contribution < 1.29 is 9.90 Å². The Labute approximate surface area is 117 Å². The number of imidazole rings is 1. The third-order valence-electron chi connectivity index (χ3n) is 4.65. The van der Waals surface area contributed by atoms with Crippen molar-refractivity contribution in [2.75, 3.05) is 0 Å². The quantitative estimate of drug-likeness (QED) is 0.929. The third-order valence-corrected chi connectivity index (χ3v) is 4.65. The summed E-state index contributed by atoms with van der Waals surface area (Å²) in [5, 5.41) is 9.13.